The van der Waals surface area contributed by atoms with E-state index in [0.29, 0.717) is 18.7 Å². The van der Waals surface area contributed by atoms with Crippen molar-refractivity contribution in [2.75, 3.05) is 11.9 Å². The molecule has 0 saturated heterocycles. The third kappa shape index (κ3) is 4.73. The van der Waals surface area contributed by atoms with E-state index in [1.54, 1.807) is 6.92 Å². The van der Waals surface area contributed by atoms with Crippen molar-refractivity contribution in [3.05, 3.63) is 52.4 Å². The molecule has 30 heavy (non-hydrogen) atoms. The summed E-state index contributed by atoms with van der Waals surface area (Å²) < 4.78 is 62.3. The van der Waals surface area contributed by atoms with Gasteiger partial charge in [-0.2, -0.15) is 13.2 Å². The molecule has 2 aromatic rings. The molecule has 1 aromatic carbocycles. The van der Waals surface area contributed by atoms with Crippen LogP contribution in [0.25, 0.3) is 0 Å². The highest BCUT2D eigenvalue weighted by Crippen LogP contribution is 2.35. The Morgan fingerprint density at radius 1 is 1.37 bits per heavy atom. The first-order valence-electron chi connectivity index (χ1n) is 8.48. The van der Waals surface area contributed by atoms with E-state index in [-0.39, 0.29) is 23.9 Å². The molecule has 0 bridgehead atoms. The van der Waals surface area contributed by atoms with E-state index in [0.717, 1.165) is 6.07 Å². The van der Waals surface area contributed by atoms with Crippen molar-refractivity contribution in [3.63, 3.8) is 0 Å². The van der Waals surface area contributed by atoms with E-state index < -0.39 is 40.1 Å². The SMILES string of the molecule is C[C@@]1(c2cc(NC(=O)Oc3ncc(C(F)(F)F)cc3Cl)ccc2F)CCOC(N)=N1. The van der Waals surface area contributed by atoms with Crippen LogP contribution in [-0.2, 0) is 16.5 Å². The zero-order chi connectivity index (χ0) is 22.1. The fourth-order valence-electron chi connectivity index (χ4n) is 2.78. The van der Waals surface area contributed by atoms with E-state index >= 15 is 0 Å². The second kappa shape index (κ2) is 7.98. The summed E-state index contributed by atoms with van der Waals surface area (Å²) in [7, 11) is 0. The van der Waals surface area contributed by atoms with E-state index in [2.05, 4.69) is 15.3 Å². The Kier molecular flexibility index (Phi) is 5.75. The number of aliphatic imine (C=N–C) groups is 1. The molecular formula is C18H15ClF4N4O3. The van der Waals surface area contributed by atoms with E-state index in [1.807, 2.05) is 0 Å². The normalized spacial score (nSPS) is 18.9. The van der Waals surface area contributed by atoms with Crippen LogP contribution < -0.4 is 15.8 Å². The first-order chi connectivity index (χ1) is 14.0. The van der Waals surface area contributed by atoms with Crippen LogP contribution in [-0.4, -0.2) is 23.7 Å². The van der Waals surface area contributed by atoms with Gasteiger partial charge < -0.3 is 15.2 Å². The number of nitrogens with one attached hydrogen (secondary N) is 1. The minimum absolute atomic E-state index is 0.0797. The summed E-state index contributed by atoms with van der Waals surface area (Å²) in [6, 6.07) is 4.25. The predicted octanol–water partition coefficient (Wildman–Crippen LogP) is 4.45. The maximum atomic E-state index is 14.4. The van der Waals surface area contributed by atoms with Crippen molar-refractivity contribution in [2.45, 2.75) is 25.1 Å². The van der Waals surface area contributed by atoms with Gasteiger partial charge in [0.25, 0.3) is 6.02 Å². The molecule has 1 aliphatic rings. The summed E-state index contributed by atoms with van der Waals surface area (Å²) in [5.74, 6) is -1.08. The van der Waals surface area contributed by atoms with Crippen molar-refractivity contribution in [2.24, 2.45) is 10.7 Å². The van der Waals surface area contributed by atoms with Crippen LogP contribution in [0.5, 0.6) is 5.88 Å². The van der Waals surface area contributed by atoms with Crippen molar-refractivity contribution < 1.29 is 31.8 Å². The molecule has 0 saturated carbocycles. The highest BCUT2D eigenvalue weighted by Gasteiger charge is 2.33. The molecule has 7 nitrogen and oxygen atoms in total. The van der Waals surface area contributed by atoms with Crippen LogP contribution in [0.2, 0.25) is 5.02 Å². The molecule has 3 rings (SSSR count). The number of nitrogens with two attached hydrogens (primary N) is 1. The largest absolute Gasteiger partial charge is 0.465 e. The minimum atomic E-state index is -4.64. The molecule has 160 valence electrons. The molecule has 12 heteroatoms. The van der Waals surface area contributed by atoms with Gasteiger partial charge >= 0.3 is 12.3 Å². The number of hydrogen-bond donors (Lipinski definition) is 2. The summed E-state index contributed by atoms with van der Waals surface area (Å²) in [4.78, 5) is 19.7. The average molecular weight is 447 g/mol. The van der Waals surface area contributed by atoms with Gasteiger partial charge in [0.2, 0.25) is 5.88 Å². The van der Waals surface area contributed by atoms with E-state index in [9.17, 15) is 22.4 Å². The molecule has 0 unspecified atom stereocenters. The van der Waals surface area contributed by atoms with Crippen molar-refractivity contribution >= 4 is 29.4 Å². The van der Waals surface area contributed by atoms with Gasteiger partial charge in [-0.1, -0.05) is 11.6 Å². The lowest BCUT2D eigenvalue weighted by Crippen LogP contribution is -2.34. The Hall–Kier alpha value is -3.08. The second-order valence-electron chi connectivity index (χ2n) is 6.54. The number of alkyl halides is 3. The molecule has 1 amide bonds. The molecule has 0 radical (unpaired) electrons. The van der Waals surface area contributed by atoms with Gasteiger partial charge in [-0.25, -0.2) is 19.2 Å². The summed E-state index contributed by atoms with van der Waals surface area (Å²) >= 11 is 5.71. The Morgan fingerprint density at radius 3 is 2.73 bits per heavy atom. The summed E-state index contributed by atoms with van der Waals surface area (Å²) in [6.07, 6.45) is -4.89. The minimum Gasteiger partial charge on any atom is -0.465 e. The third-order valence-electron chi connectivity index (χ3n) is 4.31. The van der Waals surface area contributed by atoms with Gasteiger partial charge in [-0.15, -0.1) is 0 Å². The molecule has 1 aliphatic heterocycles. The van der Waals surface area contributed by atoms with Gasteiger partial charge in [0.05, 0.1) is 17.7 Å². The number of hydrogen-bond acceptors (Lipinski definition) is 6. The zero-order valence-corrected chi connectivity index (χ0v) is 16.1. The number of carbonyl (C=O) groups is 1. The second-order valence-corrected chi connectivity index (χ2v) is 6.95. The molecule has 0 fully saturated rings. The van der Waals surface area contributed by atoms with Gasteiger partial charge in [0, 0.05) is 23.9 Å². The maximum absolute atomic E-state index is 14.4. The number of aromatic nitrogens is 1. The Morgan fingerprint density at radius 2 is 2.10 bits per heavy atom. The van der Waals surface area contributed by atoms with Crippen LogP contribution >= 0.6 is 11.6 Å². The van der Waals surface area contributed by atoms with Crippen LogP contribution in [0, 0.1) is 5.82 Å². The third-order valence-corrected chi connectivity index (χ3v) is 4.58. The number of amidine groups is 1. The predicted molar refractivity (Wildman–Crippen MR) is 99.8 cm³/mol. The van der Waals surface area contributed by atoms with Crippen LogP contribution in [0.3, 0.4) is 0 Å². The number of nitrogens with zero attached hydrogens (tertiary/aromatic N) is 2. The lowest BCUT2D eigenvalue weighted by atomic mass is 9.88. The van der Waals surface area contributed by atoms with Gasteiger partial charge in [-0.3, -0.25) is 5.32 Å². The quantitative estimate of drug-likeness (QED) is 0.678. The highest BCUT2D eigenvalue weighted by molar-refractivity contribution is 6.32. The summed E-state index contributed by atoms with van der Waals surface area (Å²) in [5, 5.41) is 1.84. The topological polar surface area (TPSA) is 98.8 Å². The van der Waals surface area contributed by atoms with Crippen molar-refractivity contribution in [3.8, 4) is 5.88 Å². The number of carbonyl (C=O) groups excluding carboxylic acids is 1. The molecule has 0 aliphatic carbocycles. The smallest absolute Gasteiger partial charge is 0.418 e. The number of halogens is 5. The van der Waals surface area contributed by atoms with Gasteiger partial charge in [-0.05, 0) is 31.2 Å². The number of amides is 1. The van der Waals surface area contributed by atoms with E-state index in [1.165, 1.54) is 12.1 Å². The first kappa shape index (κ1) is 21.6. The van der Waals surface area contributed by atoms with Crippen molar-refractivity contribution in [1.82, 2.24) is 4.98 Å². The van der Waals surface area contributed by atoms with Crippen LogP contribution in [0.4, 0.5) is 28.0 Å². The molecule has 1 atom stereocenters. The number of pyridine rings is 1. The maximum Gasteiger partial charge on any atom is 0.418 e. The summed E-state index contributed by atoms with van der Waals surface area (Å²) in [5.41, 5.74) is 3.80. The fourth-order valence-corrected chi connectivity index (χ4v) is 2.99. The van der Waals surface area contributed by atoms with Crippen molar-refractivity contribution in [1.29, 1.82) is 0 Å². The van der Waals surface area contributed by atoms with E-state index in [4.69, 9.17) is 26.8 Å². The standard InChI is InChI=1S/C18H15ClF4N4O3/c1-17(4-5-29-15(24)27-17)11-7-10(2-3-13(11)20)26-16(28)30-14-12(19)6-9(8-25-14)18(21,22)23/h2-3,6-8H,4-5H2,1H3,(H2,24,27)(H,26,28)/t17-/m0/s1. The molecule has 3 N–H and O–H groups in total. The lowest BCUT2D eigenvalue weighted by Gasteiger charge is -2.30. The number of anilines is 1. The Bertz CT molecular complexity index is 1020. The zero-order valence-electron chi connectivity index (χ0n) is 15.4. The van der Waals surface area contributed by atoms with Crippen LogP contribution in [0.15, 0.2) is 35.5 Å². The molecule has 0 spiro atoms. The Balaban J connectivity index is 1.77. The van der Waals surface area contributed by atoms with Gasteiger partial charge in [0.15, 0.2) is 0 Å². The monoisotopic (exact) mass is 446 g/mol. The average Bonchev–Trinajstić information content (AvgIpc) is 2.64. The first-order valence-corrected chi connectivity index (χ1v) is 8.85. The molecular weight excluding hydrogens is 432 g/mol. The molecule has 2 heterocycles. The van der Waals surface area contributed by atoms with Crippen LogP contribution in [0.1, 0.15) is 24.5 Å². The number of rotatable bonds is 3. The highest BCUT2D eigenvalue weighted by atomic mass is 35.5. The Labute approximate surface area is 172 Å². The number of benzene rings is 1. The summed E-state index contributed by atoms with van der Waals surface area (Å²) in [6.45, 7) is 1.90. The molecule has 1 aromatic heterocycles. The lowest BCUT2D eigenvalue weighted by molar-refractivity contribution is -0.137. The van der Waals surface area contributed by atoms with Gasteiger partial charge in [0.1, 0.15) is 10.8 Å². The number of ether oxygens (including phenoxy) is 2. The fraction of sp³-hybridized carbons (Fsp3) is 0.278.